The first-order valence-electron chi connectivity index (χ1n) is 9.95. The van der Waals surface area contributed by atoms with Gasteiger partial charge in [0.15, 0.2) is 0 Å². The first-order chi connectivity index (χ1) is 13.7. The van der Waals surface area contributed by atoms with E-state index in [4.69, 9.17) is 10.00 Å². The zero-order valence-corrected chi connectivity index (χ0v) is 16.0. The van der Waals surface area contributed by atoms with Gasteiger partial charge < -0.3 is 10.1 Å². The number of hydrogen-bond donors (Lipinski definition) is 1. The quantitative estimate of drug-likeness (QED) is 0.710. The molecule has 1 aliphatic carbocycles. The van der Waals surface area contributed by atoms with Crippen LogP contribution in [0.25, 0.3) is 0 Å². The number of carbonyl (C=O) groups is 1. The molecule has 1 amide bonds. The fourth-order valence-corrected chi connectivity index (χ4v) is 3.53. The molecule has 1 saturated carbocycles. The third-order valence-electron chi connectivity index (χ3n) is 5.05. The predicted molar refractivity (Wildman–Crippen MR) is 106 cm³/mol. The molecular weight excluding hydrogens is 352 g/mol. The number of nitrogens with one attached hydrogen (secondary N) is 1. The molecule has 0 aliphatic heterocycles. The average Bonchev–Trinajstić information content (AvgIpc) is 2.74. The number of carbonyl (C=O) groups excluding carboxylic acids is 1. The van der Waals surface area contributed by atoms with Gasteiger partial charge in [0.1, 0.15) is 12.2 Å². The minimum atomic E-state index is 0.0165. The monoisotopic (exact) mass is 378 g/mol. The topological polar surface area (TPSA) is 87.9 Å². The molecule has 146 valence electrons. The highest BCUT2D eigenvalue weighted by Crippen LogP contribution is 2.24. The van der Waals surface area contributed by atoms with Gasteiger partial charge in [0.05, 0.1) is 0 Å². The van der Waals surface area contributed by atoms with Gasteiger partial charge in [-0.1, -0.05) is 30.3 Å². The van der Waals surface area contributed by atoms with Crippen molar-refractivity contribution >= 4 is 5.91 Å². The van der Waals surface area contributed by atoms with Crippen molar-refractivity contribution in [2.45, 2.75) is 63.5 Å². The van der Waals surface area contributed by atoms with Crippen LogP contribution in [0, 0.1) is 11.3 Å². The smallest absolute Gasteiger partial charge is 0.251 e. The third-order valence-corrected chi connectivity index (χ3v) is 5.05. The Morgan fingerprint density at radius 3 is 2.61 bits per heavy atom. The van der Waals surface area contributed by atoms with Crippen molar-refractivity contribution in [3.63, 3.8) is 0 Å². The van der Waals surface area contributed by atoms with Crippen molar-refractivity contribution in [3.05, 3.63) is 54.0 Å². The minimum absolute atomic E-state index is 0.0165. The lowest BCUT2D eigenvalue weighted by molar-refractivity contribution is -0.122. The van der Waals surface area contributed by atoms with Crippen LogP contribution in [0.3, 0.4) is 0 Å². The number of aromatic nitrogens is 2. The molecule has 0 bridgehead atoms. The summed E-state index contributed by atoms with van der Waals surface area (Å²) in [4.78, 5) is 20.2. The summed E-state index contributed by atoms with van der Waals surface area (Å²) in [5.74, 6) is 0.439. The van der Waals surface area contributed by atoms with Gasteiger partial charge in [0, 0.05) is 24.9 Å². The maximum absolute atomic E-state index is 12.2. The Kier molecular flexibility index (Phi) is 7.36. The van der Waals surface area contributed by atoms with Crippen LogP contribution in [0.1, 0.15) is 56.2 Å². The first kappa shape index (κ1) is 19.8. The fraction of sp³-hybridized carbons (Fsp3) is 0.455. The summed E-state index contributed by atoms with van der Waals surface area (Å²) in [5.41, 5.74) is 1.54. The maximum Gasteiger partial charge on any atom is 0.251 e. The van der Waals surface area contributed by atoms with E-state index in [9.17, 15) is 4.79 Å². The zero-order valence-electron chi connectivity index (χ0n) is 16.0. The third kappa shape index (κ3) is 6.05. The molecule has 0 saturated heterocycles. The second-order valence-corrected chi connectivity index (χ2v) is 7.17. The van der Waals surface area contributed by atoms with E-state index in [1.165, 1.54) is 18.0 Å². The molecule has 1 N–H and O–H groups in total. The highest BCUT2D eigenvalue weighted by atomic mass is 16.5. The van der Waals surface area contributed by atoms with Crippen LogP contribution in [-0.2, 0) is 11.2 Å². The highest BCUT2D eigenvalue weighted by molar-refractivity contribution is 5.76. The van der Waals surface area contributed by atoms with Gasteiger partial charge in [-0.3, -0.25) is 4.79 Å². The average molecular weight is 378 g/mol. The molecule has 0 unspecified atom stereocenters. The van der Waals surface area contributed by atoms with Gasteiger partial charge in [-0.15, -0.1) is 0 Å². The number of nitrogens with zero attached hydrogens (tertiary/aromatic N) is 3. The molecule has 0 radical (unpaired) electrons. The van der Waals surface area contributed by atoms with Gasteiger partial charge in [-0.2, -0.15) is 5.26 Å². The van der Waals surface area contributed by atoms with E-state index >= 15 is 0 Å². The molecule has 1 heterocycles. The normalized spacial score (nSPS) is 18.8. The molecule has 0 atom stereocenters. The lowest BCUT2D eigenvalue weighted by Crippen LogP contribution is -2.39. The van der Waals surface area contributed by atoms with Crippen LogP contribution < -0.4 is 10.1 Å². The largest absolute Gasteiger partial charge is 0.472 e. The predicted octanol–water partition coefficient (Wildman–Crippen LogP) is 3.57. The van der Waals surface area contributed by atoms with Crippen LogP contribution in [0.15, 0.2) is 42.7 Å². The Morgan fingerprint density at radius 2 is 1.86 bits per heavy atom. The van der Waals surface area contributed by atoms with Crippen molar-refractivity contribution in [3.8, 4) is 11.9 Å². The fourth-order valence-electron chi connectivity index (χ4n) is 3.53. The molecule has 1 fully saturated rings. The number of benzene rings is 1. The van der Waals surface area contributed by atoms with Gasteiger partial charge >= 0.3 is 0 Å². The van der Waals surface area contributed by atoms with E-state index in [0.29, 0.717) is 12.3 Å². The highest BCUT2D eigenvalue weighted by Gasteiger charge is 2.24. The summed E-state index contributed by atoms with van der Waals surface area (Å²) in [5, 5.41) is 12.2. The van der Waals surface area contributed by atoms with E-state index in [0.717, 1.165) is 44.9 Å². The molecule has 3 rings (SSSR count). The summed E-state index contributed by atoms with van der Waals surface area (Å²) in [6.07, 6.45) is 9.98. The zero-order chi connectivity index (χ0) is 19.6. The summed E-state index contributed by atoms with van der Waals surface area (Å²) in [6, 6.07) is 12.6. The lowest BCUT2D eigenvalue weighted by atomic mass is 9.92. The molecule has 2 aromatic rings. The van der Waals surface area contributed by atoms with Crippen LogP contribution in [-0.4, -0.2) is 28.0 Å². The number of aryl methyl sites for hydroxylation is 1. The van der Waals surface area contributed by atoms with E-state index in [1.54, 1.807) is 0 Å². The first-order valence-corrected chi connectivity index (χ1v) is 9.95. The molecule has 0 spiro atoms. The summed E-state index contributed by atoms with van der Waals surface area (Å²) < 4.78 is 5.84. The number of amides is 1. The number of ether oxygens (including phenoxy) is 1. The van der Waals surface area contributed by atoms with E-state index in [-0.39, 0.29) is 23.7 Å². The molecule has 1 aromatic carbocycles. The SMILES string of the molecule is N#Cc1nccnc1OC1CCC(NC(=O)CCCCc2ccccc2)CC1. The standard InChI is InChI=1S/C22H26N4O2/c23-16-20-22(25-15-14-24-20)28-19-12-10-18(11-13-19)26-21(27)9-5-4-8-17-6-2-1-3-7-17/h1-3,6-7,14-15,18-19H,4-5,8-13H2,(H,26,27). The van der Waals surface area contributed by atoms with Crippen LogP contribution in [0.2, 0.25) is 0 Å². The molecular formula is C22H26N4O2. The van der Waals surface area contributed by atoms with Crippen molar-refractivity contribution < 1.29 is 9.53 Å². The number of rotatable bonds is 8. The molecule has 1 aromatic heterocycles. The Balaban J connectivity index is 1.32. The Labute approximate surface area is 166 Å². The maximum atomic E-state index is 12.2. The van der Waals surface area contributed by atoms with Gasteiger partial charge in [-0.05, 0) is 50.5 Å². The Bertz CT molecular complexity index is 796. The van der Waals surface area contributed by atoms with Gasteiger partial charge in [-0.25, -0.2) is 9.97 Å². The number of unbranched alkanes of at least 4 members (excludes halogenated alkanes) is 1. The van der Waals surface area contributed by atoms with Gasteiger partial charge in [0.25, 0.3) is 5.88 Å². The van der Waals surface area contributed by atoms with Crippen molar-refractivity contribution in [1.29, 1.82) is 5.26 Å². The lowest BCUT2D eigenvalue weighted by Gasteiger charge is -2.29. The molecule has 6 nitrogen and oxygen atoms in total. The molecule has 1 aliphatic rings. The second kappa shape index (κ2) is 10.4. The van der Waals surface area contributed by atoms with Crippen molar-refractivity contribution in [2.75, 3.05) is 0 Å². The molecule has 28 heavy (non-hydrogen) atoms. The van der Waals surface area contributed by atoms with E-state index in [2.05, 4.69) is 27.4 Å². The van der Waals surface area contributed by atoms with E-state index < -0.39 is 0 Å². The van der Waals surface area contributed by atoms with Crippen LogP contribution in [0.5, 0.6) is 5.88 Å². The van der Waals surface area contributed by atoms with Crippen LogP contribution >= 0.6 is 0 Å². The summed E-state index contributed by atoms with van der Waals surface area (Å²) >= 11 is 0. The van der Waals surface area contributed by atoms with E-state index in [1.807, 2.05) is 24.3 Å². The Hall–Kier alpha value is -2.94. The van der Waals surface area contributed by atoms with Crippen molar-refractivity contribution in [2.24, 2.45) is 0 Å². The number of hydrogen-bond acceptors (Lipinski definition) is 5. The van der Waals surface area contributed by atoms with Crippen LogP contribution in [0.4, 0.5) is 0 Å². The molecule has 6 heteroatoms. The van der Waals surface area contributed by atoms with Crippen molar-refractivity contribution in [1.82, 2.24) is 15.3 Å². The van der Waals surface area contributed by atoms with Gasteiger partial charge in [0.2, 0.25) is 11.6 Å². The minimum Gasteiger partial charge on any atom is -0.472 e. The summed E-state index contributed by atoms with van der Waals surface area (Å²) in [7, 11) is 0. The Morgan fingerprint density at radius 1 is 1.11 bits per heavy atom. The summed E-state index contributed by atoms with van der Waals surface area (Å²) in [6.45, 7) is 0. The number of nitriles is 1. The second-order valence-electron chi connectivity index (χ2n) is 7.17.